The summed E-state index contributed by atoms with van der Waals surface area (Å²) in [4.78, 5) is 5.31. The second-order valence-corrected chi connectivity index (χ2v) is 5.53. The van der Waals surface area contributed by atoms with Crippen molar-refractivity contribution in [1.82, 2.24) is 4.90 Å². The Morgan fingerprint density at radius 3 is 2.70 bits per heavy atom. The molecule has 20 heavy (non-hydrogen) atoms. The zero-order valence-electron chi connectivity index (χ0n) is 12.4. The molecule has 0 saturated carbocycles. The van der Waals surface area contributed by atoms with Crippen LogP contribution >= 0.6 is 0 Å². The average Bonchev–Trinajstić information content (AvgIpc) is 2.42. The summed E-state index contributed by atoms with van der Waals surface area (Å²) in [6.07, 6.45) is 3.72. The molecule has 0 radical (unpaired) electrons. The Labute approximate surface area is 121 Å². The monoisotopic (exact) mass is 277 g/mol. The zero-order chi connectivity index (χ0) is 14.4. The predicted octanol–water partition coefficient (Wildman–Crippen LogP) is 1.51. The first-order valence-corrected chi connectivity index (χ1v) is 7.43. The lowest BCUT2D eigenvalue weighted by Crippen LogP contribution is -2.68. The number of aryl methyl sites for hydroxylation is 1. The number of benzene rings is 1. The minimum atomic E-state index is -0.121. The van der Waals surface area contributed by atoms with E-state index >= 15 is 0 Å². The van der Waals surface area contributed by atoms with Gasteiger partial charge in [-0.15, -0.1) is 4.99 Å². The van der Waals surface area contributed by atoms with Crippen molar-refractivity contribution in [2.75, 3.05) is 19.6 Å². The molecule has 0 aromatic heterocycles. The van der Waals surface area contributed by atoms with Gasteiger partial charge >= 0.3 is 6.08 Å². The van der Waals surface area contributed by atoms with Gasteiger partial charge in [0.1, 0.15) is 6.10 Å². The lowest BCUT2D eigenvalue weighted by atomic mass is 10.1. The summed E-state index contributed by atoms with van der Waals surface area (Å²) in [5.74, 6) is 0. The fourth-order valence-electron chi connectivity index (χ4n) is 2.59. The van der Waals surface area contributed by atoms with E-state index in [1.807, 2.05) is 38.1 Å². The standard InChI is InChI=1S/C16H24N2O2/c1-13-8-4-5-9-15(13)17-16(19)20-14(2)12-18-10-6-3-7-11-18/h4-5,8-9,14H,3,6-7,10-12H2,1-2H3,(H,17,19)/p+1/t14-/m1/s1. The third kappa shape index (κ3) is 4.53. The van der Waals surface area contributed by atoms with Crippen molar-refractivity contribution in [1.29, 1.82) is 0 Å². The normalized spacial score (nSPS) is 18.8. The number of nitrogens with zero attached hydrogens (tertiary/aromatic N) is 1. The molecule has 2 rings (SSSR count). The van der Waals surface area contributed by atoms with Crippen molar-refractivity contribution < 1.29 is 14.8 Å². The number of nitrogens with one attached hydrogen (secondary N) is 1. The van der Waals surface area contributed by atoms with E-state index < -0.39 is 0 Å². The van der Waals surface area contributed by atoms with Gasteiger partial charge in [-0.05, 0) is 39.8 Å². The number of aliphatic hydroxyl groups excluding tert-OH is 1. The number of rotatable bonds is 4. The third-order valence-electron chi connectivity index (χ3n) is 3.66. The van der Waals surface area contributed by atoms with E-state index in [2.05, 4.69) is 9.89 Å². The molecule has 0 aliphatic carbocycles. The minimum absolute atomic E-state index is 0.0235. The minimum Gasteiger partial charge on any atom is -0.430 e. The van der Waals surface area contributed by atoms with Crippen molar-refractivity contribution in [3.8, 4) is 0 Å². The van der Waals surface area contributed by atoms with E-state index in [1.54, 1.807) is 0 Å². The molecule has 1 aromatic rings. The smallest absolute Gasteiger partial charge is 0.430 e. The van der Waals surface area contributed by atoms with Crippen molar-refractivity contribution in [2.24, 2.45) is 0 Å². The molecule has 1 aliphatic rings. The number of likely N-dealkylation sites (tertiary alicyclic amines) is 1. The molecule has 1 fully saturated rings. The highest BCUT2D eigenvalue weighted by atomic mass is 16.6. The van der Waals surface area contributed by atoms with Crippen LogP contribution in [-0.4, -0.2) is 41.8 Å². The Kier molecular flexibility index (Phi) is 5.41. The maximum absolute atomic E-state index is 9.89. The third-order valence-corrected chi connectivity index (χ3v) is 3.66. The van der Waals surface area contributed by atoms with Crippen LogP contribution in [0.15, 0.2) is 24.3 Å². The van der Waals surface area contributed by atoms with Gasteiger partial charge in [-0.2, -0.15) is 0 Å². The summed E-state index contributed by atoms with van der Waals surface area (Å²) in [6, 6.07) is 7.81. The molecule has 2 N–H and O–H groups in total. The SMILES string of the molecule is Cc1ccccc1[NH+]=C(O)O[C@H](C)CN1CCCCC1. The number of hydrogen-bond donors (Lipinski definition) is 2. The van der Waals surface area contributed by atoms with Crippen molar-refractivity contribution >= 4 is 11.8 Å². The van der Waals surface area contributed by atoms with Crippen LogP contribution < -0.4 is 4.99 Å². The summed E-state index contributed by atoms with van der Waals surface area (Å²) >= 11 is 0. The van der Waals surface area contributed by atoms with Gasteiger partial charge < -0.3 is 9.84 Å². The van der Waals surface area contributed by atoms with Crippen molar-refractivity contribution in [2.45, 2.75) is 39.2 Å². The Morgan fingerprint density at radius 2 is 2.00 bits per heavy atom. The molecule has 1 atom stereocenters. The van der Waals surface area contributed by atoms with E-state index in [0.717, 1.165) is 30.9 Å². The van der Waals surface area contributed by atoms with Crippen LogP contribution in [0.25, 0.3) is 0 Å². The summed E-state index contributed by atoms with van der Waals surface area (Å²) in [5, 5.41) is 9.89. The lowest BCUT2D eigenvalue weighted by molar-refractivity contribution is -0.384. The van der Waals surface area contributed by atoms with E-state index in [0.29, 0.717) is 0 Å². The van der Waals surface area contributed by atoms with Gasteiger partial charge in [-0.3, -0.25) is 4.90 Å². The van der Waals surface area contributed by atoms with E-state index in [4.69, 9.17) is 4.74 Å². The molecule has 1 saturated heterocycles. The first-order valence-electron chi connectivity index (χ1n) is 7.43. The maximum atomic E-state index is 9.89. The highest BCUT2D eigenvalue weighted by Crippen LogP contribution is 2.09. The largest absolute Gasteiger partial charge is 0.551 e. The van der Waals surface area contributed by atoms with E-state index in [9.17, 15) is 5.11 Å². The number of piperidine rings is 1. The Morgan fingerprint density at radius 1 is 1.30 bits per heavy atom. The molecule has 110 valence electrons. The predicted molar refractivity (Wildman–Crippen MR) is 80.3 cm³/mol. The highest BCUT2D eigenvalue weighted by molar-refractivity contribution is 5.59. The first-order chi connectivity index (χ1) is 9.65. The number of hydrogen-bond acceptors (Lipinski definition) is 2. The summed E-state index contributed by atoms with van der Waals surface area (Å²) in [5.41, 5.74) is 1.95. The molecule has 0 bridgehead atoms. The van der Waals surface area contributed by atoms with Gasteiger partial charge in [0.25, 0.3) is 0 Å². The molecule has 4 heteroatoms. The quantitative estimate of drug-likeness (QED) is 0.648. The zero-order valence-corrected chi connectivity index (χ0v) is 12.4. The summed E-state index contributed by atoms with van der Waals surface area (Å²) in [7, 11) is 0. The number of ether oxygens (including phenoxy) is 1. The van der Waals surface area contributed by atoms with Crippen LogP contribution in [0.5, 0.6) is 0 Å². The van der Waals surface area contributed by atoms with Crippen LogP contribution in [0.3, 0.4) is 0 Å². The lowest BCUT2D eigenvalue weighted by Gasteiger charge is -2.28. The number of aliphatic hydroxyl groups is 1. The summed E-state index contributed by atoms with van der Waals surface area (Å²) in [6.45, 7) is 7.12. The fourth-order valence-corrected chi connectivity index (χ4v) is 2.59. The number of para-hydroxylation sites is 1. The average molecular weight is 277 g/mol. The van der Waals surface area contributed by atoms with Gasteiger partial charge in [-0.25, -0.2) is 0 Å². The molecular weight excluding hydrogens is 252 g/mol. The van der Waals surface area contributed by atoms with Crippen molar-refractivity contribution in [3.63, 3.8) is 0 Å². The Bertz CT molecular complexity index is 454. The molecule has 0 amide bonds. The fraction of sp³-hybridized carbons (Fsp3) is 0.562. The van der Waals surface area contributed by atoms with Crippen LogP contribution in [0.1, 0.15) is 31.7 Å². The van der Waals surface area contributed by atoms with Gasteiger partial charge in [-0.1, -0.05) is 24.6 Å². The second kappa shape index (κ2) is 7.29. The van der Waals surface area contributed by atoms with Gasteiger partial charge in [0.15, 0.2) is 0 Å². The first kappa shape index (κ1) is 14.9. The molecule has 1 heterocycles. The Balaban J connectivity index is 1.86. The molecule has 1 aliphatic heterocycles. The summed E-state index contributed by atoms with van der Waals surface area (Å²) < 4.78 is 5.53. The van der Waals surface area contributed by atoms with Crippen molar-refractivity contribution in [3.05, 3.63) is 29.8 Å². The van der Waals surface area contributed by atoms with Crippen LogP contribution in [0.4, 0.5) is 5.69 Å². The van der Waals surface area contributed by atoms with Crippen LogP contribution in [0.2, 0.25) is 0 Å². The van der Waals surface area contributed by atoms with Gasteiger partial charge in [0.2, 0.25) is 5.69 Å². The molecule has 0 unspecified atom stereocenters. The molecule has 1 aromatic carbocycles. The molecule has 4 nitrogen and oxygen atoms in total. The van der Waals surface area contributed by atoms with Crippen LogP contribution in [0, 0.1) is 6.92 Å². The maximum Gasteiger partial charge on any atom is 0.551 e. The van der Waals surface area contributed by atoms with E-state index in [1.165, 1.54) is 19.3 Å². The molecular formula is C16H25N2O2+. The molecule has 0 spiro atoms. The topological polar surface area (TPSA) is 46.7 Å². The van der Waals surface area contributed by atoms with Gasteiger partial charge in [0.05, 0.1) is 0 Å². The second-order valence-electron chi connectivity index (χ2n) is 5.53. The Hall–Kier alpha value is -1.55. The van der Waals surface area contributed by atoms with Crippen LogP contribution in [-0.2, 0) is 4.74 Å². The van der Waals surface area contributed by atoms with Gasteiger partial charge in [0, 0.05) is 18.2 Å². The van der Waals surface area contributed by atoms with E-state index in [-0.39, 0.29) is 12.2 Å². The highest BCUT2D eigenvalue weighted by Gasteiger charge is 2.17.